The summed E-state index contributed by atoms with van der Waals surface area (Å²) in [5.41, 5.74) is 22.7. The van der Waals surface area contributed by atoms with E-state index < -0.39 is 0 Å². The molecule has 1 saturated heterocycles. The van der Waals surface area contributed by atoms with Gasteiger partial charge in [-0.3, -0.25) is 14.7 Å². The molecule has 2 aliphatic heterocycles. The second-order valence-electron chi connectivity index (χ2n) is 12.3. The maximum absolute atomic E-state index is 12.4. The highest BCUT2D eigenvalue weighted by molar-refractivity contribution is 5.83. The Labute approximate surface area is 265 Å². The number of nitrogens with zero attached hydrogens (tertiary/aromatic N) is 2. The van der Waals surface area contributed by atoms with E-state index in [2.05, 4.69) is 62.4 Å². The molecule has 4 aliphatic rings. The predicted octanol–water partition coefficient (Wildman–Crippen LogP) is 3.58. The van der Waals surface area contributed by atoms with Gasteiger partial charge in [0.1, 0.15) is 11.6 Å². The number of hydrogen-bond donors (Lipinski definition) is 6. The van der Waals surface area contributed by atoms with Crippen molar-refractivity contribution in [1.29, 1.82) is 0 Å². The molecule has 0 radical (unpaired) electrons. The van der Waals surface area contributed by atoms with Crippen LogP contribution in [0.3, 0.4) is 0 Å². The Morgan fingerprint density at radius 2 is 1.96 bits per heavy atom. The smallest absolute Gasteiger partial charge is 0.228 e. The lowest BCUT2D eigenvalue weighted by atomic mass is 9.91. The average Bonchev–Trinajstić information content (AvgIpc) is 3.95. The van der Waals surface area contributed by atoms with Crippen LogP contribution in [0.2, 0.25) is 0 Å². The van der Waals surface area contributed by atoms with Gasteiger partial charge in [-0.25, -0.2) is 0 Å². The van der Waals surface area contributed by atoms with E-state index in [4.69, 9.17) is 16.2 Å². The average molecular weight is 609 g/mol. The van der Waals surface area contributed by atoms with Crippen LogP contribution < -0.4 is 37.5 Å². The van der Waals surface area contributed by atoms with Crippen molar-refractivity contribution >= 4 is 17.2 Å². The van der Waals surface area contributed by atoms with Crippen LogP contribution >= 0.6 is 0 Å². The van der Waals surface area contributed by atoms with Gasteiger partial charge >= 0.3 is 0 Å². The van der Waals surface area contributed by atoms with Crippen LogP contribution in [0.25, 0.3) is 5.57 Å². The minimum Gasteiger partial charge on any atom is -0.494 e. The van der Waals surface area contributed by atoms with Crippen molar-refractivity contribution in [2.75, 3.05) is 39.1 Å². The summed E-state index contributed by atoms with van der Waals surface area (Å²) in [4.78, 5) is 19.3. The highest BCUT2D eigenvalue weighted by atomic mass is 16.5. The van der Waals surface area contributed by atoms with E-state index in [1.165, 1.54) is 11.3 Å². The van der Waals surface area contributed by atoms with Crippen LogP contribution in [-0.2, 0) is 11.3 Å². The number of aryl methyl sites for hydroxylation is 1. The van der Waals surface area contributed by atoms with E-state index in [0.717, 1.165) is 84.8 Å². The summed E-state index contributed by atoms with van der Waals surface area (Å²) >= 11 is 0. The van der Waals surface area contributed by atoms with Gasteiger partial charge in [0.25, 0.3) is 0 Å². The van der Waals surface area contributed by atoms with Gasteiger partial charge in [0.15, 0.2) is 0 Å². The lowest BCUT2D eigenvalue weighted by Gasteiger charge is -2.41. The fourth-order valence-corrected chi connectivity index (χ4v) is 6.02. The molecule has 1 amide bonds. The van der Waals surface area contributed by atoms with E-state index in [1.807, 2.05) is 31.4 Å². The van der Waals surface area contributed by atoms with E-state index >= 15 is 0 Å². The number of rotatable bonds is 12. The van der Waals surface area contributed by atoms with Crippen molar-refractivity contribution < 1.29 is 9.53 Å². The number of amides is 1. The van der Waals surface area contributed by atoms with Gasteiger partial charge < -0.3 is 37.5 Å². The predicted molar refractivity (Wildman–Crippen MR) is 178 cm³/mol. The molecule has 10 nitrogen and oxygen atoms in total. The molecule has 10 heteroatoms. The fourth-order valence-electron chi connectivity index (χ4n) is 6.02. The molecule has 1 aromatic carbocycles. The molecule has 0 atom stereocenters. The summed E-state index contributed by atoms with van der Waals surface area (Å²) in [6.07, 6.45) is 11.7. The largest absolute Gasteiger partial charge is 0.494 e. The standard InChI is InChI=1S/C35H44N8O2/c1-21-7-13-28(41-29(32(37)33(38-2)22-8-9-22)16-30(36)42-35(44)23-10-11-23)34(45-3)31(21)24-12-14-27(40-17-24)25-18-43(19-25)20-26-6-4-5-15-39-26/h4-7,12-16,23,25,38,40-41H,8-11,17-20,36-37H2,1-3H3,(H,42,44)/b30-16+,32-29+. The molecule has 236 valence electrons. The first-order valence-electron chi connectivity index (χ1n) is 15.7. The van der Waals surface area contributed by atoms with Gasteiger partial charge in [-0.1, -0.05) is 18.2 Å². The fraction of sp³-hybridized carbons (Fsp3) is 0.371. The minimum atomic E-state index is -0.0572. The number of hydrogen-bond acceptors (Lipinski definition) is 9. The van der Waals surface area contributed by atoms with Crippen molar-refractivity contribution in [1.82, 2.24) is 25.8 Å². The molecule has 0 bridgehead atoms. The van der Waals surface area contributed by atoms with Crippen LogP contribution in [0.15, 0.2) is 88.9 Å². The van der Waals surface area contributed by atoms with Gasteiger partial charge in [0, 0.05) is 68.6 Å². The molecule has 2 aromatic rings. The van der Waals surface area contributed by atoms with E-state index in [1.54, 1.807) is 13.2 Å². The van der Waals surface area contributed by atoms with Crippen molar-refractivity contribution in [2.24, 2.45) is 23.3 Å². The zero-order valence-corrected chi connectivity index (χ0v) is 26.4. The van der Waals surface area contributed by atoms with Crippen molar-refractivity contribution in [3.8, 4) is 5.75 Å². The summed E-state index contributed by atoms with van der Waals surface area (Å²) in [5, 5.41) is 13.2. The molecule has 0 unspecified atom stereocenters. The second kappa shape index (κ2) is 13.1. The number of dihydropyridines is 1. The molecule has 2 saturated carbocycles. The number of methoxy groups -OCH3 is 1. The minimum absolute atomic E-state index is 0.0395. The molecule has 8 N–H and O–H groups in total. The first kappa shape index (κ1) is 30.3. The zero-order chi connectivity index (χ0) is 31.5. The summed E-state index contributed by atoms with van der Waals surface area (Å²) in [6, 6.07) is 10.1. The molecular weight excluding hydrogens is 564 g/mol. The normalized spacial score (nSPS) is 18.9. The van der Waals surface area contributed by atoms with Gasteiger partial charge in [0.2, 0.25) is 5.91 Å². The number of benzene rings is 1. The monoisotopic (exact) mass is 608 g/mol. The Bertz CT molecular complexity index is 1610. The number of nitrogens with two attached hydrogens (primary N) is 2. The highest BCUT2D eigenvalue weighted by Crippen LogP contribution is 2.39. The number of ether oxygens (including phenoxy) is 1. The van der Waals surface area contributed by atoms with Crippen molar-refractivity contribution in [2.45, 2.75) is 39.2 Å². The van der Waals surface area contributed by atoms with Crippen LogP contribution in [0.1, 0.15) is 42.5 Å². The molecule has 2 aliphatic carbocycles. The number of aromatic nitrogens is 1. The van der Waals surface area contributed by atoms with Crippen molar-refractivity contribution in [3.05, 3.63) is 106 Å². The van der Waals surface area contributed by atoms with Crippen molar-refractivity contribution in [3.63, 3.8) is 0 Å². The van der Waals surface area contributed by atoms with Crippen LogP contribution in [0, 0.1) is 18.8 Å². The lowest BCUT2D eigenvalue weighted by molar-refractivity contribution is -0.121. The number of nitrogens with one attached hydrogen (secondary N) is 4. The molecular formula is C35H44N8O2. The Kier molecular flexibility index (Phi) is 8.84. The number of carbonyl (C=O) groups excluding carboxylic acids is 1. The highest BCUT2D eigenvalue weighted by Gasteiger charge is 2.32. The molecule has 3 heterocycles. The third kappa shape index (κ3) is 7.01. The van der Waals surface area contributed by atoms with Gasteiger partial charge in [-0.2, -0.15) is 0 Å². The first-order valence-corrected chi connectivity index (χ1v) is 15.7. The zero-order valence-electron chi connectivity index (χ0n) is 26.4. The second-order valence-corrected chi connectivity index (χ2v) is 12.3. The number of likely N-dealkylation sites (N-methyl/N-ethyl adjacent to an activating group) is 1. The van der Waals surface area contributed by atoms with Crippen LogP contribution in [0.4, 0.5) is 5.69 Å². The maximum atomic E-state index is 12.4. The Morgan fingerprint density at radius 1 is 1.16 bits per heavy atom. The molecule has 6 rings (SSSR count). The summed E-state index contributed by atoms with van der Waals surface area (Å²) < 4.78 is 6.05. The number of likely N-dealkylation sites (tertiary alicyclic amines) is 1. The third-order valence-electron chi connectivity index (χ3n) is 8.79. The Hall–Kier alpha value is -4.70. The van der Waals surface area contributed by atoms with Gasteiger partial charge in [-0.05, 0) is 73.6 Å². The van der Waals surface area contributed by atoms with Gasteiger partial charge in [-0.15, -0.1) is 0 Å². The Balaban J connectivity index is 1.23. The van der Waals surface area contributed by atoms with E-state index in [9.17, 15) is 4.79 Å². The van der Waals surface area contributed by atoms with E-state index in [-0.39, 0.29) is 17.6 Å². The lowest BCUT2D eigenvalue weighted by Crippen LogP contribution is -2.49. The van der Waals surface area contributed by atoms with Crippen LogP contribution in [-0.4, -0.2) is 49.6 Å². The Morgan fingerprint density at radius 3 is 2.58 bits per heavy atom. The number of allylic oxidation sites excluding steroid dienone is 4. The molecule has 0 spiro atoms. The number of carbonyl (C=O) groups is 1. The summed E-state index contributed by atoms with van der Waals surface area (Å²) in [6.45, 7) is 5.70. The molecule has 3 fully saturated rings. The topological polar surface area (TPSA) is 143 Å². The SMILES string of the molecule is CNC(=C1CC1)/C(N)=C(/C=C(\N)NC(=O)C1CC1)Nc1ccc(C)c(C2=CC=C(C3CN(Cc4ccccn4)C3)NC2)c1OC. The third-order valence-corrected chi connectivity index (χ3v) is 8.79. The maximum Gasteiger partial charge on any atom is 0.228 e. The van der Waals surface area contributed by atoms with Crippen LogP contribution in [0.5, 0.6) is 5.75 Å². The first-order chi connectivity index (χ1) is 21.8. The number of pyridine rings is 1. The quantitative estimate of drug-likeness (QED) is 0.199. The molecule has 1 aromatic heterocycles. The van der Waals surface area contributed by atoms with E-state index in [0.29, 0.717) is 23.9 Å². The number of anilines is 1. The molecule has 45 heavy (non-hydrogen) atoms. The summed E-state index contributed by atoms with van der Waals surface area (Å²) in [7, 11) is 3.55. The van der Waals surface area contributed by atoms with Gasteiger partial charge in [0.05, 0.1) is 35.6 Å². The summed E-state index contributed by atoms with van der Waals surface area (Å²) in [5.74, 6) is 1.43.